The Hall–Kier alpha value is -2.93. The fraction of sp³-hybridized carbons (Fsp3) is 0.118. The minimum atomic E-state index is 0.110. The van der Waals surface area contributed by atoms with Crippen molar-refractivity contribution >= 4 is 21.5 Å². The van der Waals surface area contributed by atoms with Crippen molar-refractivity contribution in [3.8, 4) is 23.3 Å². The Labute approximate surface area is 121 Å². The number of methoxy groups -OCH3 is 2. The first-order valence-corrected chi connectivity index (χ1v) is 6.40. The molecule has 0 spiro atoms. The van der Waals surface area contributed by atoms with Gasteiger partial charge in [0.2, 0.25) is 0 Å². The van der Waals surface area contributed by atoms with Gasteiger partial charge in [0, 0.05) is 16.2 Å². The second-order valence-corrected chi connectivity index (χ2v) is 4.63. The number of nitrogens with zero attached hydrogens (tertiary/aromatic N) is 1. The molecule has 21 heavy (non-hydrogen) atoms. The van der Waals surface area contributed by atoms with Crippen molar-refractivity contribution in [2.24, 2.45) is 0 Å². The van der Waals surface area contributed by atoms with Crippen molar-refractivity contribution < 1.29 is 14.6 Å². The van der Waals surface area contributed by atoms with E-state index in [0.29, 0.717) is 38.6 Å². The van der Waals surface area contributed by atoms with E-state index in [1.165, 1.54) is 0 Å². The first-order valence-electron chi connectivity index (χ1n) is 6.40. The molecule has 3 aromatic carbocycles. The van der Waals surface area contributed by atoms with Gasteiger partial charge in [-0.25, -0.2) is 0 Å². The van der Waals surface area contributed by atoms with Crippen LogP contribution in [0.4, 0.5) is 0 Å². The molecule has 0 aromatic heterocycles. The number of hydrogen-bond donors (Lipinski definition) is 1. The van der Waals surface area contributed by atoms with Crippen molar-refractivity contribution in [2.45, 2.75) is 0 Å². The Morgan fingerprint density at radius 1 is 1.00 bits per heavy atom. The molecule has 0 atom stereocenters. The first-order chi connectivity index (χ1) is 10.2. The lowest BCUT2D eigenvalue weighted by atomic mass is 9.95. The van der Waals surface area contributed by atoms with Crippen LogP contribution in [0.3, 0.4) is 0 Å². The molecule has 1 N–H and O–H groups in total. The molecule has 0 heterocycles. The Kier molecular flexibility index (Phi) is 3.03. The topological polar surface area (TPSA) is 62.5 Å². The van der Waals surface area contributed by atoms with Crippen molar-refractivity contribution in [1.29, 1.82) is 5.26 Å². The number of rotatable bonds is 2. The van der Waals surface area contributed by atoms with Gasteiger partial charge in [-0.1, -0.05) is 12.1 Å². The monoisotopic (exact) mass is 279 g/mol. The minimum absolute atomic E-state index is 0.110. The van der Waals surface area contributed by atoms with Crippen LogP contribution in [0.1, 0.15) is 5.56 Å². The van der Waals surface area contributed by atoms with E-state index in [1.807, 2.05) is 0 Å². The molecular formula is C17H13NO3. The molecule has 0 bridgehead atoms. The summed E-state index contributed by atoms with van der Waals surface area (Å²) >= 11 is 0. The maximum Gasteiger partial charge on any atom is 0.135 e. The summed E-state index contributed by atoms with van der Waals surface area (Å²) in [7, 11) is 3.11. The largest absolute Gasteiger partial charge is 0.507 e. The third kappa shape index (κ3) is 1.83. The average Bonchev–Trinajstić information content (AvgIpc) is 2.54. The smallest absolute Gasteiger partial charge is 0.135 e. The van der Waals surface area contributed by atoms with Crippen LogP contribution >= 0.6 is 0 Å². The zero-order valence-electron chi connectivity index (χ0n) is 11.7. The van der Waals surface area contributed by atoms with Crippen molar-refractivity contribution in [3.05, 3.63) is 42.0 Å². The highest BCUT2D eigenvalue weighted by Gasteiger charge is 2.16. The molecule has 4 nitrogen and oxygen atoms in total. The van der Waals surface area contributed by atoms with Crippen LogP contribution < -0.4 is 9.47 Å². The van der Waals surface area contributed by atoms with E-state index in [0.717, 1.165) is 0 Å². The quantitative estimate of drug-likeness (QED) is 0.728. The number of aromatic hydroxyl groups is 1. The van der Waals surface area contributed by atoms with E-state index in [1.54, 1.807) is 50.6 Å². The second kappa shape index (κ2) is 4.88. The summed E-state index contributed by atoms with van der Waals surface area (Å²) in [5.41, 5.74) is 0.496. The van der Waals surface area contributed by atoms with Gasteiger partial charge in [-0.05, 0) is 24.3 Å². The summed E-state index contributed by atoms with van der Waals surface area (Å²) in [6, 6.07) is 12.8. The number of ether oxygens (including phenoxy) is 2. The van der Waals surface area contributed by atoms with Gasteiger partial charge in [-0.15, -0.1) is 0 Å². The van der Waals surface area contributed by atoms with Gasteiger partial charge in [-0.3, -0.25) is 0 Å². The lowest BCUT2D eigenvalue weighted by Gasteiger charge is -2.13. The Morgan fingerprint density at radius 2 is 1.81 bits per heavy atom. The maximum absolute atomic E-state index is 10.6. The predicted octanol–water partition coefficient (Wildman–Crippen LogP) is 3.59. The molecule has 0 radical (unpaired) electrons. The number of fused-ring (bicyclic) bond motifs is 2. The predicted molar refractivity (Wildman–Crippen MR) is 80.9 cm³/mol. The number of benzene rings is 3. The molecule has 3 rings (SSSR count). The van der Waals surface area contributed by atoms with Crippen LogP contribution in [-0.2, 0) is 0 Å². The standard InChI is InChI=1S/C17H13NO3/c1-20-10-6-7-12-13(8-10)14(9-18)11-4-3-5-15(21-2)16(11)17(12)19/h3-8,19H,1-2H3. The molecule has 0 unspecified atom stereocenters. The van der Waals surface area contributed by atoms with Crippen LogP contribution in [0.5, 0.6) is 17.2 Å². The molecule has 0 fully saturated rings. The molecule has 104 valence electrons. The molecule has 0 aliphatic carbocycles. The van der Waals surface area contributed by atoms with Gasteiger partial charge in [0.1, 0.15) is 23.3 Å². The third-order valence-electron chi connectivity index (χ3n) is 3.62. The van der Waals surface area contributed by atoms with E-state index in [2.05, 4.69) is 6.07 Å². The Balaban J connectivity index is 2.59. The molecule has 3 aromatic rings. The molecular weight excluding hydrogens is 266 g/mol. The maximum atomic E-state index is 10.6. The Bertz CT molecular complexity index is 890. The van der Waals surface area contributed by atoms with Crippen LogP contribution in [0.2, 0.25) is 0 Å². The van der Waals surface area contributed by atoms with Crippen molar-refractivity contribution in [3.63, 3.8) is 0 Å². The number of hydrogen-bond acceptors (Lipinski definition) is 4. The molecule has 0 aliphatic rings. The van der Waals surface area contributed by atoms with Gasteiger partial charge < -0.3 is 14.6 Å². The zero-order chi connectivity index (χ0) is 15.0. The van der Waals surface area contributed by atoms with E-state index in [4.69, 9.17) is 9.47 Å². The van der Waals surface area contributed by atoms with Crippen LogP contribution in [-0.4, -0.2) is 19.3 Å². The SMILES string of the molecule is COc1ccc2c(O)c3c(OC)cccc3c(C#N)c2c1. The van der Waals surface area contributed by atoms with E-state index >= 15 is 0 Å². The summed E-state index contributed by atoms with van der Waals surface area (Å²) in [5.74, 6) is 1.29. The van der Waals surface area contributed by atoms with E-state index in [-0.39, 0.29) is 5.75 Å². The van der Waals surface area contributed by atoms with Crippen LogP contribution in [0.15, 0.2) is 36.4 Å². The summed E-state index contributed by atoms with van der Waals surface area (Å²) in [5, 5.41) is 22.6. The summed E-state index contributed by atoms with van der Waals surface area (Å²) in [4.78, 5) is 0. The van der Waals surface area contributed by atoms with Gasteiger partial charge in [0.05, 0.1) is 25.2 Å². The lowest BCUT2D eigenvalue weighted by molar-refractivity contribution is 0.415. The minimum Gasteiger partial charge on any atom is -0.507 e. The fourth-order valence-electron chi connectivity index (χ4n) is 2.62. The number of phenolic OH excluding ortho intramolecular Hbond substituents is 1. The van der Waals surface area contributed by atoms with Gasteiger partial charge in [0.25, 0.3) is 0 Å². The normalized spacial score (nSPS) is 10.5. The van der Waals surface area contributed by atoms with Gasteiger partial charge in [0.15, 0.2) is 0 Å². The Morgan fingerprint density at radius 3 is 2.48 bits per heavy atom. The number of nitriles is 1. The highest BCUT2D eigenvalue weighted by molar-refractivity contribution is 6.12. The van der Waals surface area contributed by atoms with E-state index < -0.39 is 0 Å². The molecule has 0 amide bonds. The third-order valence-corrected chi connectivity index (χ3v) is 3.62. The second-order valence-electron chi connectivity index (χ2n) is 4.63. The lowest BCUT2D eigenvalue weighted by Crippen LogP contribution is -1.91. The van der Waals surface area contributed by atoms with Crippen LogP contribution in [0.25, 0.3) is 21.5 Å². The molecule has 0 saturated carbocycles. The molecule has 0 aliphatic heterocycles. The highest BCUT2D eigenvalue weighted by atomic mass is 16.5. The van der Waals surface area contributed by atoms with Crippen molar-refractivity contribution in [2.75, 3.05) is 14.2 Å². The van der Waals surface area contributed by atoms with Crippen molar-refractivity contribution in [1.82, 2.24) is 0 Å². The first kappa shape index (κ1) is 13.1. The average molecular weight is 279 g/mol. The fourth-order valence-corrected chi connectivity index (χ4v) is 2.62. The highest BCUT2D eigenvalue weighted by Crippen LogP contribution is 2.42. The summed E-state index contributed by atoms with van der Waals surface area (Å²) < 4.78 is 10.5. The molecule has 4 heteroatoms. The molecule has 0 saturated heterocycles. The summed E-state index contributed by atoms with van der Waals surface area (Å²) in [6.45, 7) is 0. The van der Waals surface area contributed by atoms with E-state index in [9.17, 15) is 10.4 Å². The zero-order valence-corrected chi connectivity index (χ0v) is 11.7. The van der Waals surface area contributed by atoms with Gasteiger partial charge in [-0.2, -0.15) is 5.26 Å². The van der Waals surface area contributed by atoms with Gasteiger partial charge >= 0.3 is 0 Å². The van der Waals surface area contributed by atoms with Crippen LogP contribution in [0, 0.1) is 11.3 Å². The summed E-state index contributed by atoms with van der Waals surface area (Å²) in [6.07, 6.45) is 0. The number of phenols is 1.